The average molecular weight is 413 g/mol. The Kier molecular flexibility index (Phi) is 4.69. The van der Waals surface area contributed by atoms with Crippen LogP contribution in [-0.2, 0) is 0 Å². The summed E-state index contributed by atoms with van der Waals surface area (Å²) in [5, 5.41) is 13.9. The fourth-order valence-corrected chi connectivity index (χ4v) is 4.35. The Hall–Kier alpha value is -3.64. The van der Waals surface area contributed by atoms with Crippen LogP contribution in [-0.4, -0.2) is 19.8 Å². The second-order valence-electron chi connectivity index (χ2n) is 7.15. The fraction of sp³-hybridized carbons (Fsp3) is 0.0833. The Morgan fingerprint density at radius 3 is 2.33 bits per heavy atom. The van der Waals surface area contributed by atoms with Crippen molar-refractivity contribution in [3.63, 3.8) is 0 Å². The van der Waals surface area contributed by atoms with Gasteiger partial charge in [0.25, 0.3) is 0 Å². The zero-order chi connectivity index (χ0) is 20.5. The second kappa shape index (κ2) is 7.65. The minimum Gasteiger partial charge on any atom is -0.508 e. The quantitative estimate of drug-likeness (QED) is 0.474. The molecule has 0 amide bonds. The van der Waals surface area contributed by atoms with E-state index in [9.17, 15) is 5.11 Å². The SMILES string of the molecule is Oc1ccc(-n2cccc2C2C(c3ccccn3)NC(=S)N2c2ccccc2)cc1. The molecule has 0 radical (unpaired) electrons. The number of para-hydroxylation sites is 1. The molecule has 1 aliphatic heterocycles. The number of rotatable bonds is 4. The van der Waals surface area contributed by atoms with Crippen molar-refractivity contribution < 1.29 is 5.11 Å². The van der Waals surface area contributed by atoms with Gasteiger partial charge in [0, 0.05) is 29.5 Å². The maximum absolute atomic E-state index is 9.70. The molecule has 0 bridgehead atoms. The van der Waals surface area contributed by atoms with Crippen molar-refractivity contribution in [2.75, 3.05) is 4.90 Å². The molecule has 5 rings (SSSR count). The van der Waals surface area contributed by atoms with Gasteiger partial charge in [-0.2, -0.15) is 0 Å². The van der Waals surface area contributed by atoms with Gasteiger partial charge in [0.05, 0.1) is 11.7 Å². The summed E-state index contributed by atoms with van der Waals surface area (Å²) in [5.41, 5.74) is 4.00. The molecule has 3 heterocycles. The van der Waals surface area contributed by atoms with Gasteiger partial charge in [-0.3, -0.25) is 4.98 Å². The zero-order valence-electron chi connectivity index (χ0n) is 16.1. The van der Waals surface area contributed by atoms with Gasteiger partial charge >= 0.3 is 0 Å². The van der Waals surface area contributed by atoms with Gasteiger partial charge in [0.15, 0.2) is 5.11 Å². The van der Waals surface area contributed by atoms with Crippen LogP contribution in [0.1, 0.15) is 23.5 Å². The number of aromatic nitrogens is 2. The summed E-state index contributed by atoms with van der Waals surface area (Å²) < 4.78 is 2.13. The van der Waals surface area contributed by atoms with Crippen LogP contribution in [0.2, 0.25) is 0 Å². The lowest BCUT2D eigenvalue weighted by molar-refractivity contribution is 0.475. The molecule has 1 saturated heterocycles. The normalized spacial score (nSPS) is 18.4. The molecule has 2 aromatic carbocycles. The van der Waals surface area contributed by atoms with E-state index in [0.717, 1.165) is 22.8 Å². The Labute approximate surface area is 180 Å². The van der Waals surface area contributed by atoms with E-state index < -0.39 is 0 Å². The van der Waals surface area contributed by atoms with Crippen LogP contribution in [0.15, 0.2) is 97.3 Å². The molecule has 2 aromatic heterocycles. The van der Waals surface area contributed by atoms with Gasteiger partial charge in [-0.25, -0.2) is 0 Å². The maximum atomic E-state index is 9.70. The molecule has 2 atom stereocenters. The van der Waals surface area contributed by atoms with Crippen LogP contribution in [0, 0.1) is 0 Å². The van der Waals surface area contributed by atoms with Gasteiger partial charge in [-0.1, -0.05) is 24.3 Å². The average Bonchev–Trinajstić information content (AvgIpc) is 3.40. The smallest absolute Gasteiger partial charge is 0.174 e. The number of thiocarbonyl (C=S) groups is 1. The first-order chi connectivity index (χ1) is 14.7. The molecule has 2 unspecified atom stereocenters. The Balaban J connectivity index is 1.66. The number of pyridine rings is 1. The van der Waals surface area contributed by atoms with Crippen LogP contribution in [0.4, 0.5) is 5.69 Å². The van der Waals surface area contributed by atoms with Crippen molar-refractivity contribution in [2.45, 2.75) is 12.1 Å². The standard InChI is InChI=1S/C24H20N4OS/c29-19-13-11-17(12-14-19)27-16-6-10-21(27)23-22(20-9-4-5-15-25-20)26-24(30)28(23)18-7-2-1-3-8-18/h1-16,22-23,29H,(H,26,30). The van der Waals surface area contributed by atoms with Crippen molar-refractivity contribution in [3.05, 3.63) is 109 Å². The number of phenolic OH excluding ortho intramolecular Hbond substituents is 1. The first-order valence-corrected chi connectivity index (χ1v) is 10.2. The zero-order valence-corrected chi connectivity index (χ0v) is 16.9. The fourth-order valence-electron chi connectivity index (χ4n) is 4.01. The van der Waals surface area contributed by atoms with Gasteiger partial charge in [-0.15, -0.1) is 0 Å². The Morgan fingerprint density at radius 1 is 0.833 bits per heavy atom. The molecule has 4 aromatic rings. The van der Waals surface area contributed by atoms with E-state index in [-0.39, 0.29) is 17.8 Å². The van der Waals surface area contributed by atoms with E-state index in [1.54, 1.807) is 18.3 Å². The number of nitrogens with one attached hydrogen (secondary N) is 1. The van der Waals surface area contributed by atoms with Crippen LogP contribution in [0.3, 0.4) is 0 Å². The molecular formula is C24H20N4OS. The topological polar surface area (TPSA) is 53.3 Å². The van der Waals surface area contributed by atoms with E-state index in [4.69, 9.17) is 12.2 Å². The predicted molar refractivity (Wildman–Crippen MR) is 122 cm³/mol. The molecule has 0 aliphatic carbocycles. The first kappa shape index (κ1) is 18.4. The van der Waals surface area contributed by atoms with Crippen LogP contribution >= 0.6 is 12.2 Å². The number of anilines is 1. The number of hydrogen-bond acceptors (Lipinski definition) is 3. The third-order valence-electron chi connectivity index (χ3n) is 5.34. The number of nitrogens with zero attached hydrogens (tertiary/aromatic N) is 3. The Morgan fingerprint density at radius 2 is 1.60 bits per heavy atom. The van der Waals surface area contributed by atoms with Gasteiger partial charge < -0.3 is 19.9 Å². The molecule has 30 heavy (non-hydrogen) atoms. The number of hydrogen-bond donors (Lipinski definition) is 2. The van der Waals surface area contributed by atoms with Crippen LogP contribution in [0.5, 0.6) is 5.75 Å². The third kappa shape index (κ3) is 3.21. The van der Waals surface area contributed by atoms with Crippen molar-refractivity contribution in [3.8, 4) is 11.4 Å². The molecule has 5 nitrogen and oxygen atoms in total. The lowest BCUT2D eigenvalue weighted by Crippen LogP contribution is -2.30. The van der Waals surface area contributed by atoms with Crippen molar-refractivity contribution in [1.29, 1.82) is 0 Å². The van der Waals surface area contributed by atoms with Gasteiger partial charge in [0.2, 0.25) is 0 Å². The number of aromatic hydroxyl groups is 1. The summed E-state index contributed by atoms with van der Waals surface area (Å²) in [6.07, 6.45) is 3.84. The summed E-state index contributed by atoms with van der Waals surface area (Å²) in [7, 11) is 0. The molecule has 1 fully saturated rings. The van der Waals surface area contributed by atoms with E-state index in [1.807, 2.05) is 60.8 Å². The predicted octanol–water partition coefficient (Wildman–Crippen LogP) is 4.76. The van der Waals surface area contributed by atoms with Crippen molar-refractivity contribution in [1.82, 2.24) is 14.9 Å². The highest BCUT2D eigenvalue weighted by molar-refractivity contribution is 7.80. The monoisotopic (exact) mass is 412 g/mol. The summed E-state index contributed by atoms with van der Waals surface area (Å²) >= 11 is 5.77. The summed E-state index contributed by atoms with van der Waals surface area (Å²) in [6, 6.07) is 27.2. The second-order valence-corrected chi connectivity index (χ2v) is 7.54. The highest BCUT2D eigenvalue weighted by Gasteiger charge is 2.42. The van der Waals surface area contributed by atoms with E-state index in [2.05, 4.69) is 38.0 Å². The van der Waals surface area contributed by atoms with Gasteiger partial charge in [-0.05, 0) is 72.9 Å². The summed E-state index contributed by atoms with van der Waals surface area (Å²) in [4.78, 5) is 6.76. The molecule has 0 spiro atoms. The highest BCUT2D eigenvalue weighted by atomic mass is 32.1. The van der Waals surface area contributed by atoms with E-state index in [0.29, 0.717) is 5.11 Å². The molecule has 148 valence electrons. The van der Waals surface area contributed by atoms with E-state index >= 15 is 0 Å². The van der Waals surface area contributed by atoms with Crippen LogP contribution in [0.25, 0.3) is 5.69 Å². The lowest BCUT2D eigenvalue weighted by Gasteiger charge is -2.29. The molecule has 1 aliphatic rings. The largest absolute Gasteiger partial charge is 0.508 e. The minimum absolute atomic E-state index is 0.0985. The van der Waals surface area contributed by atoms with E-state index in [1.165, 1.54) is 0 Å². The van der Waals surface area contributed by atoms with Crippen molar-refractivity contribution >= 4 is 23.0 Å². The maximum Gasteiger partial charge on any atom is 0.174 e. The lowest BCUT2D eigenvalue weighted by atomic mass is 10.0. The highest BCUT2D eigenvalue weighted by Crippen LogP contribution is 2.42. The molecular weight excluding hydrogens is 392 g/mol. The summed E-state index contributed by atoms with van der Waals surface area (Å²) in [5.74, 6) is 0.244. The van der Waals surface area contributed by atoms with Crippen LogP contribution < -0.4 is 10.2 Å². The van der Waals surface area contributed by atoms with Gasteiger partial charge in [0.1, 0.15) is 11.8 Å². The minimum atomic E-state index is -0.107. The molecule has 0 saturated carbocycles. The number of phenols is 1. The number of benzene rings is 2. The Bertz CT molecular complexity index is 1160. The molecule has 2 N–H and O–H groups in total. The summed E-state index contributed by atoms with van der Waals surface area (Å²) in [6.45, 7) is 0. The van der Waals surface area contributed by atoms with Crippen molar-refractivity contribution in [2.24, 2.45) is 0 Å². The third-order valence-corrected chi connectivity index (χ3v) is 5.66. The first-order valence-electron chi connectivity index (χ1n) is 9.75. The molecule has 6 heteroatoms.